The van der Waals surface area contributed by atoms with E-state index in [4.69, 9.17) is 4.74 Å². The number of halogens is 1. The van der Waals surface area contributed by atoms with Crippen LogP contribution in [0, 0.1) is 11.3 Å². The number of carbonyl (C=O) groups excluding carboxylic acids is 2. The van der Waals surface area contributed by atoms with Gasteiger partial charge in [0.05, 0.1) is 42.4 Å². The van der Waals surface area contributed by atoms with Gasteiger partial charge in [-0.25, -0.2) is 28.4 Å². The summed E-state index contributed by atoms with van der Waals surface area (Å²) in [7, 11) is 1.44. The fourth-order valence-corrected chi connectivity index (χ4v) is 7.67. The minimum atomic E-state index is -1.31. The van der Waals surface area contributed by atoms with Crippen LogP contribution in [0.5, 0.6) is 11.5 Å². The van der Waals surface area contributed by atoms with Crippen molar-refractivity contribution < 1.29 is 19.4 Å². The maximum atomic E-state index is 14.5. The van der Waals surface area contributed by atoms with Gasteiger partial charge in [-0.2, -0.15) is 0 Å². The largest absolute Gasteiger partial charge is 0.504 e. The molecule has 1 aromatic heterocycles. The van der Waals surface area contributed by atoms with E-state index in [9.17, 15) is 24.3 Å². The number of imide groups is 1. The Bertz CT molecular complexity index is 1960. The first-order valence-electron chi connectivity index (χ1n) is 13.9. The van der Waals surface area contributed by atoms with Crippen molar-refractivity contribution >= 4 is 33.4 Å². The SMILES string of the molecule is COc1cc(Br)cc([C@H]2C3=CCn4c(=O)n(-c5ccccc5)c(=O)n4[C@@H]3C[C@H]3C(=O)N(c4ccccc4)C(=O)[C@@]23C)c1O. The van der Waals surface area contributed by atoms with Gasteiger partial charge in [0.1, 0.15) is 0 Å². The molecule has 2 amide bonds. The smallest absolute Gasteiger partial charge is 0.352 e. The van der Waals surface area contributed by atoms with E-state index in [1.54, 1.807) is 79.7 Å². The number of rotatable bonds is 4. The average molecular weight is 643 g/mol. The van der Waals surface area contributed by atoms with Gasteiger partial charge in [0.15, 0.2) is 11.5 Å². The molecule has 11 heteroatoms. The summed E-state index contributed by atoms with van der Waals surface area (Å²) in [5.74, 6) is -2.42. The van der Waals surface area contributed by atoms with Crippen molar-refractivity contribution in [1.29, 1.82) is 0 Å². The van der Waals surface area contributed by atoms with Crippen LogP contribution in [-0.2, 0) is 16.1 Å². The Kier molecular flexibility index (Phi) is 6.14. The lowest BCUT2D eigenvalue weighted by atomic mass is 9.56. The van der Waals surface area contributed by atoms with Gasteiger partial charge in [-0.15, -0.1) is 0 Å². The number of ether oxygens (including phenoxy) is 1. The number of amides is 2. The predicted octanol–water partition coefficient (Wildman–Crippen LogP) is 4.14. The molecule has 218 valence electrons. The number of nitrogens with zero attached hydrogens (tertiary/aromatic N) is 4. The number of aromatic nitrogens is 3. The molecule has 0 bridgehead atoms. The van der Waals surface area contributed by atoms with E-state index in [0.717, 1.165) is 4.57 Å². The first kappa shape index (κ1) is 27.2. The maximum Gasteiger partial charge on any atom is 0.352 e. The molecule has 1 saturated heterocycles. The van der Waals surface area contributed by atoms with Crippen molar-refractivity contribution in [2.24, 2.45) is 11.3 Å². The highest BCUT2D eigenvalue weighted by molar-refractivity contribution is 9.10. The van der Waals surface area contributed by atoms with E-state index in [2.05, 4.69) is 15.9 Å². The molecule has 1 N–H and O–H groups in total. The Morgan fingerprint density at radius 2 is 1.58 bits per heavy atom. The number of para-hydroxylation sites is 2. The van der Waals surface area contributed by atoms with Crippen molar-refractivity contribution in [3.63, 3.8) is 0 Å². The summed E-state index contributed by atoms with van der Waals surface area (Å²) < 4.78 is 9.97. The van der Waals surface area contributed by atoms with Crippen LogP contribution in [0.1, 0.15) is 30.9 Å². The number of hydrogen-bond acceptors (Lipinski definition) is 6. The lowest BCUT2D eigenvalue weighted by Crippen LogP contribution is -2.49. The summed E-state index contributed by atoms with van der Waals surface area (Å²) in [6.45, 7) is 1.84. The van der Waals surface area contributed by atoms with Gasteiger partial charge < -0.3 is 9.84 Å². The quantitative estimate of drug-likeness (QED) is 0.264. The minimum Gasteiger partial charge on any atom is -0.504 e. The second kappa shape index (κ2) is 9.70. The maximum absolute atomic E-state index is 14.5. The number of phenolic OH excluding ortho intramolecular Hbond substituents is 1. The van der Waals surface area contributed by atoms with Crippen molar-refractivity contribution in [2.45, 2.75) is 31.8 Å². The van der Waals surface area contributed by atoms with Crippen molar-refractivity contribution in [3.05, 3.63) is 115 Å². The number of benzene rings is 3. The first-order valence-corrected chi connectivity index (χ1v) is 14.7. The monoisotopic (exact) mass is 642 g/mol. The summed E-state index contributed by atoms with van der Waals surface area (Å²) in [4.78, 5) is 57.4. The van der Waals surface area contributed by atoms with Crippen molar-refractivity contribution in [1.82, 2.24) is 13.9 Å². The molecule has 3 aromatic carbocycles. The van der Waals surface area contributed by atoms with Crippen LogP contribution in [0.3, 0.4) is 0 Å². The Balaban J connectivity index is 1.48. The standard InChI is InChI=1S/C32H27BrN4O6/c1-32-23(28(39)35(29(32)40)19-9-5-3-6-10-19)17-24-21(26(32)22-15-18(33)16-25(43-2)27(22)38)13-14-34-30(41)36(31(42)37(24)34)20-11-7-4-8-12-20/h3-13,15-16,23-24,26,38H,14,17H2,1-2H3/t23-,24+,26+,32+/m0/s1. The molecule has 7 rings (SSSR count). The molecule has 0 unspecified atom stereocenters. The van der Waals surface area contributed by atoms with Gasteiger partial charge in [0, 0.05) is 16.0 Å². The zero-order valence-electron chi connectivity index (χ0n) is 23.3. The molecule has 3 aliphatic rings. The fourth-order valence-electron chi connectivity index (χ4n) is 7.21. The van der Waals surface area contributed by atoms with E-state index >= 15 is 0 Å². The molecule has 1 aliphatic carbocycles. The minimum absolute atomic E-state index is 0.0768. The van der Waals surface area contributed by atoms with Crippen LogP contribution in [0.25, 0.3) is 5.69 Å². The third-order valence-electron chi connectivity index (χ3n) is 9.17. The number of methoxy groups -OCH3 is 1. The van der Waals surface area contributed by atoms with Crippen molar-refractivity contribution in [2.75, 3.05) is 12.0 Å². The number of fused-ring (bicyclic) bond motifs is 4. The lowest BCUT2D eigenvalue weighted by Gasteiger charge is -2.47. The highest BCUT2D eigenvalue weighted by Gasteiger charge is 2.66. The number of phenols is 1. The van der Waals surface area contributed by atoms with E-state index in [-0.39, 0.29) is 30.4 Å². The molecule has 43 heavy (non-hydrogen) atoms. The number of carbonyl (C=O) groups is 2. The van der Waals surface area contributed by atoms with Crippen LogP contribution < -0.4 is 21.0 Å². The Morgan fingerprint density at radius 1 is 0.930 bits per heavy atom. The van der Waals surface area contributed by atoms with Gasteiger partial charge in [-0.3, -0.25) is 9.59 Å². The highest BCUT2D eigenvalue weighted by atomic mass is 79.9. The van der Waals surface area contributed by atoms with Crippen LogP contribution in [0.15, 0.2) is 98.5 Å². The van der Waals surface area contributed by atoms with Gasteiger partial charge in [0.2, 0.25) is 11.8 Å². The Labute approximate surface area is 254 Å². The normalized spacial score (nSPS) is 24.3. The van der Waals surface area contributed by atoms with Gasteiger partial charge >= 0.3 is 11.4 Å². The third-order valence-corrected chi connectivity index (χ3v) is 9.62. The van der Waals surface area contributed by atoms with E-state index in [1.165, 1.54) is 21.4 Å². The third kappa shape index (κ3) is 3.70. The number of anilines is 1. The number of hydrogen-bond donors (Lipinski definition) is 1. The van der Waals surface area contributed by atoms with E-state index in [0.29, 0.717) is 27.0 Å². The molecular weight excluding hydrogens is 616 g/mol. The molecule has 2 aliphatic heterocycles. The summed E-state index contributed by atoms with van der Waals surface area (Å²) in [6.07, 6.45) is 1.97. The molecule has 0 spiro atoms. The summed E-state index contributed by atoms with van der Waals surface area (Å²) in [5.41, 5.74) is -0.404. The second-order valence-electron chi connectivity index (χ2n) is 11.2. The van der Waals surface area contributed by atoms with Crippen molar-refractivity contribution in [3.8, 4) is 17.2 Å². The predicted molar refractivity (Wildman–Crippen MR) is 162 cm³/mol. The fraction of sp³-hybridized carbons (Fsp3) is 0.250. The summed E-state index contributed by atoms with van der Waals surface area (Å²) >= 11 is 3.51. The molecule has 3 heterocycles. The molecule has 0 radical (unpaired) electrons. The highest BCUT2D eigenvalue weighted by Crippen LogP contribution is 2.63. The van der Waals surface area contributed by atoms with Gasteiger partial charge in [-0.05, 0) is 55.3 Å². The lowest BCUT2D eigenvalue weighted by molar-refractivity contribution is -0.129. The van der Waals surface area contributed by atoms with E-state index < -0.39 is 40.6 Å². The molecule has 4 aromatic rings. The molecule has 10 nitrogen and oxygen atoms in total. The second-order valence-corrected chi connectivity index (χ2v) is 12.2. The van der Waals surface area contributed by atoms with Crippen LogP contribution in [0.4, 0.5) is 5.69 Å². The van der Waals surface area contributed by atoms with Crippen LogP contribution in [-0.4, -0.2) is 38.0 Å². The first-order chi connectivity index (χ1) is 20.7. The Morgan fingerprint density at radius 3 is 2.23 bits per heavy atom. The number of allylic oxidation sites excluding steroid dienone is 2. The van der Waals surface area contributed by atoms with Gasteiger partial charge in [0.25, 0.3) is 0 Å². The topological polar surface area (TPSA) is 116 Å². The Hall–Kier alpha value is -4.64. The van der Waals surface area contributed by atoms with Crippen LogP contribution in [0.2, 0.25) is 0 Å². The summed E-state index contributed by atoms with van der Waals surface area (Å²) in [6, 6.07) is 20.0. The average Bonchev–Trinajstić information content (AvgIpc) is 3.38. The van der Waals surface area contributed by atoms with Crippen LogP contribution >= 0.6 is 15.9 Å². The van der Waals surface area contributed by atoms with Gasteiger partial charge in [-0.1, -0.05) is 58.4 Å². The summed E-state index contributed by atoms with van der Waals surface area (Å²) in [5, 5.41) is 11.5. The molecule has 4 atom stereocenters. The molecule has 1 saturated carbocycles. The zero-order chi connectivity index (χ0) is 30.2. The number of aromatic hydroxyl groups is 1. The van der Waals surface area contributed by atoms with E-state index in [1.807, 2.05) is 6.08 Å². The zero-order valence-corrected chi connectivity index (χ0v) is 24.9. The molecular formula is C32H27BrN4O6. The molecule has 2 fully saturated rings.